The molecular formula is C25H26N4O4. The lowest BCUT2D eigenvalue weighted by Gasteiger charge is -2.41. The molecule has 33 heavy (non-hydrogen) atoms. The average Bonchev–Trinajstić information content (AvgIpc) is 2.85. The summed E-state index contributed by atoms with van der Waals surface area (Å²) < 4.78 is 11.1. The molecule has 3 aromatic rings. The normalized spacial score (nSPS) is 15.8. The number of amides is 2. The first-order chi connectivity index (χ1) is 16.0. The van der Waals surface area contributed by atoms with Crippen molar-refractivity contribution in [3.05, 3.63) is 77.7 Å². The highest BCUT2D eigenvalue weighted by Crippen LogP contribution is 2.30. The minimum atomic E-state index is -0.256. The molecule has 2 amide bonds. The second-order valence-corrected chi connectivity index (χ2v) is 7.85. The third-order valence-corrected chi connectivity index (χ3v) is 5.67. The Kier molecular flexibility index (Phi) is 6.53. The summed E-state index contributed by atoms with van der Waals surface area (Å²) in [6.45, 7) is 4.67. The van der Waals surface area contributed by atoms with Gasteiger partial charge in [-0.2, -0.15) is 0 Å². The molecule has 1 aliphatic heterocycles. The van der Waals surface area contributed by atoms with Gasteiger partial charge in [-0.3, -0.25) is 14.6 Å². The molecule has 0 aliphatic carbocycles. The van der Waals surface area contributed by atoms with Crippen molar-refractivity contribution < 1.29 is 19.1 Å². The molecule has 1 fully saturated rings. The molecule has 170 valence electrons. The fourth-order valence-electron chi connectivity index (χ4n) is 3.89. The van der Waals surface area contributed by atoms with Gasteiger partial charge in [0.05, 0.1) is 19.3 Å². The van der Waals surface area contributed by atoms with Crippen molar-refractivity contribution in [2.24, 2.45) is 0 Å². The van der Waals surface area contributed by atoms with Crippen LogP contribution in [0.1, 0.15) is 34.6 Å². The van der Waals surface area contributed by atoms with E-state index in [0.717, 1.165) is 17.0 Å². The highest BCUT2D eigenvalue weighted by Gasteiger charge is 2.33. The Morgan fingerprint density at radius 3 is 2.42 bits per heavy atom. The van der Waals surface area contributed by atoms with Crippen molar-refractivity contribution in [3.63, 3.8) is 0 Å². The summed E-state index contributed by atoms with van der Waals surface area (Å²) in [5.74, 6) is 1.24. The highest BCUT2D eigenvalue weighted by atomic mass is 16.5. The number of benzene rings is 1. The molecule has 1 saturated heterocycles. The van der Waals surface area contributed by atoms with E-state index in [9.17, 15) is 9.59 Å². The first kappa shape index (κ1) is 22.3. The molecule has 2 aromatic heterocycles. The highest BCUT2D eigenvalue weighted by molar-refractivity contribution is 5.96. The minimum absolute atomic E-state index is 0.0276. The van der Waals surface area contributed by atoms with Crippen LogP contribution in [0.15, 0.2) is 60.9 Å². The summed E-state index contributed by atoms with van der Waals surface area (Å²) in [7, 11) is 1.61. The fourth-order valence-corrected chi connectivity index (χ4v) is 3.89. The van der Waals surface area contributed by atoms with E-state index >= 15 is 0 Å². The van der Waals surface area contributed by atoms with Gasteiger partial charge in [-0.05, 0) is 48.9 Å². The number of ether oxygens (including phenoxy) is 2. The Hall–Kier alpha value is -3.94. The Morgan fingerprint density at radius 2 is 1.76 bits per heavy atom. The second-order valence-electron chi connectivity index (χ2n) is 7.85. The Morgan fingerprint density at radius 1 is 1.00 bits per heavy atom. The molecule has 0 N–H and O–H groups in total. The molecular weight excluding hydrogens is 420 g/mol. The number of rotatable bonds is 5. The zero-order chi connectivity index (χ0) is 23.4. The number of piperazine rings is 1. The van der Waals surface area contributed by atoms with E-state index in [2.05, 4.69) is 9.97 Å². The smallest absolute Gasteiger partial charge is 0.259 e. The largest absolute Gasteiger partial charge is 0.497 e. The summed E-state index contributed by atoms with van der Waals surface area (Å²) in [5, 5.41) is 0. The van der Waals surface area contributed by atoms with E-state index in [1.54, 1.807) is 54.4 Å². The zero-order valence-electron chi connectivity index (χ0n) is 18.9. The van der Waals surface area contributed by atoms with Gasteiger partial charge >= 0.3 is 0 Å². The van der Waals surface area contributed by atoms with Crippen molar-refractivity contribution in [3.8, 4) is 17.4 Å². The summed E-state index contributed by atoms with van der Waals surface area (Å²) in [6, 6.07) is 14.3. The van der Waals surface area contributed by atoms with Gasteiger partial charge in [-0.1, -0.05) is 12.1 Å². The number of pyridine rings is 2. The summed E-state index contributed by atoms with van der Waals surface area (Å²) in [4.78, 5) is 37.8. The maximum atomic E-state index is 13.5. The predicted molar refractivity (Wildman–Crippen MR) is 122 cm³/mol. The number of aromatic nitrogens is 2. The van der Waals surface area contributed by atoms with Crippen molar-refractivity contribution in [2.45, 2.75) is 19.9 Å². The van der Waals surface area contributed by atoms with Crippen molar-refractivity contribution >= 4 is 11.8 Å². The molecule has 8 nitrogen and oxygen atoms in total. The lowest BCUT2D eigenvalue weighted by atomic mass is 10.0. The fraction of sp³-hybridized carbons (Fsp3) is 0.280. The topological polar surface area (TPSA) is 84.9 Å². The lowest BCUT2D eigenvalue weighted by molar-refractivity contribution is -0.133. The number of aryl methyl sites for hydroxylation is 1. The summed E-state index contributed by atoms with van der Waals surface area (Å²) in [5.41, 5.74) is 2.17. The van der Waals surface area contributed by atoms with Gasteiger partial charge in [0.15, 0.2) is 0 Å². The molecule has 1 unspecified atom stereocenters. The number of hydrogen-bond acceptors (Lipinski definition) is 6. The first-order valence-corrected chi connectivity index (χ1v) is 10.7. The number of carbonyl (C=O) groups excluding carboxylic acids is 2. The van der Waals surface area contributed by atoms with Crippen LogP contribution in [0.2, 0.25) is 0 Å². The number of hydrogen-bond donors (Lipinski definition) is 0. The van der Waals surface area contributed by atoms with E-state index in [1.807, 2.05) is 37.3 Å². The maximum Gasteiger partial charge on any atom is 0.259 e. The molecule has 1 atom stereocenters. The van der Waals surface area contributed by atoms with Gasteiger partial charge in [0.1, 0.15) is 17.1 Å². The van der Waals surface area contributed by atoms with Crippen LogP contribution in [-0.2, 0) is 4.79 Å². The third kappa shape index (κ3) is 4.95. The molecule has 0 bridgehead atoms. The van der Waals surface area contributed by atoms with E-state index in [0.29, 0.717) is 30.9 Å². The zero-order valence-corrected chi connectivity index (χ0v) is 18.9. The van der Waals surface area contributed by atoms with Crippen LogP contribution in [0.5, 0.6) is 17.4 Å². The SMILES string of the molecule is COc1ccc(C2CN(C(=O)c3cccnc3Oc3ccc(C)nc3)CCN2C(C)=O)cc1. The summed E-state index contributed by atoms with van der Waals surface area (Å²) in [6.07, 6.45) is 3.19. The van der Waals surface area contributed by atoms with Crippen LogP contribution < -0.4 is 9.47 Å². The molecule has 4 rings (SSSR count). The van der Waals surface area contributed by atoms with E-state index in [4.69, 9.17) is 9.47 Å². The number of carbonyl (C=O) groups is 2. The van der Waals surface area contributed by atoms with E-state index in [-0.39, 0.29) is 23.7 Å². The molecule has 1 aliphatic rings. The van der Waals surface area contributed by atoms with Gasteiger partial charge in [0, 0.05) is 38.4 Å². The molecule has 0 spiro atoms. The van der Waals surface area contributed by atoms with Gasteiger partial charge in [0.2, 0.25) is 11.8 Å². The van der Waals surface area contributed by atoms with Gasteiger partial charge in [-0.15, -0.1) is 0 Å². The number of methoxy groups -OCH3 is 1. The van der Waals surface area contributed by atoms with E-state index < -0.39 is 0 Å². The minimum Gasteiger partial charge on any atom is -0.497 e. The van der Waals surface area contributed by atoms with Crippen LogP contribution in [-0.4, -0.2) is 58.3 Å². The standard InChI is InChI=1S/C25H26N4O4/c1-17-6-9-21(15-27-17)33-24-22(5-4-12-26-24)25(31)28-13-14-29(18(2)30)23(16-28)19-7-10-20(32-3)11-8-19/h4-12,15,23H,13-14,16H2,1-3H3. The van der Waals surface area contributed by atoms with Crippen LogP contribution in [0, 0.1) is 6.92 Å². The second kappa shape index (κ2) is 9.68. The van der Waals surface area contributed by atoms with E-state index in [1.165, 1.54) is 0 Å². The van der Waals surface area contributed by atoms with Crippen molar-refractivity contribution in [1.82, 2.24) is 19.8 Å². The van der Waals surface area contributed by atoms with Crippen molar-refractivity contribution in [1.29, 1.82) is 0 Å². The van der Waals surface area contributed by atoms with Crippen LogP contribution in [0.3, 0.4) is 0 Å². The monoisotopic (exact) mass is 446 g/mol. The van der Waals surface area contributed by atoms with Gasteiger partial charge < -0.3 is 19.3 Å². The van der Waals surface area contributed by atoms with Gasteiger partial charge in [0.25, 0.3) is 5.91 Å². The quantitative estimate of drug-likeness (QED) is 0.595. The average molecular weight is 447 g/mol. The maximum absolute atomic E-state index is 13.5. The van der Waals surface area contributed by atoms with Crippen LogP contribution in [0.4, 0.5) is 0 Å². The lowest BCUT2D eigenvalue weighted by Crippen LogP contribution is -2.51. The number of nitrogens with zero attached hydrogens (tertiary/aromatic N) is 4. The Labute approximate surface area is 192 Å². The molecule has 8 heteroatoms. The molecule has 0 saturated carbocycles. The molecule has 3 heterocycles. The Bertz CT molecular complexity index is 1130. The molecule has 1 aromatic carbocycles. The predicted octanol–water partition coefficient (Wildman–Crippen LogP) is 3.63. The Balaban J connectivity index is 1.58. The van der Waals surface area contributed by atoms with Crippen LogP contribution >= 0.6 is 0 Å². The molecule has 0 radical (unpaired) electrons. The van der Waals surface area contributed by atoms with Crippen molar-refractivity contribution in [2.75, 3.05) is 26.7 Å². The third-order valence-electron chi connectivity index (χ3n) is 5.67. The van der Waals surface area contributed by atoms with Crippen LogP contribution in [0.25, 0.3) is 0 Å². The van der Waals surface area contributed by atoms with Gasteiger partial charge in [-0.25, -0.2) is 4.98 Å². The summed E-state index contributed by atoms with van der Waals surface area (Å²) >= 11 is 0. The first-order valence-electron chi connectivity index (χ1n) is 10.7.